The van der Waals surface area contributed by atoms with Crippen LogP contribution < -0.4 is 0 Å². The van der Waals surface area contributed by atoms with E-state index in [9.17, 15) is 9.59 Å². The van der Waals surface area contributed by atoms with Crippen molar-refractivity contribution in [3.05, 3.63) is 25.3 Å². The minimum absolute atomic E-state index is 0.106. The monoisotopic (exact) mass is 328 g/mol. The molecule has 0 aliphatic carbocycles. The van der Waals surface area contributed by atoms with E-state index in [1.165, 1.54) is 0 Å². The predicted octanol–water partition coefficient (Wildman–Crippen LogP) is 2.28. The van der Waals surface area contributed by atoms with Gasteiger partial charge in [0.15, 0.2) is 0 Å². The molecule has 0 saturated heterocycles. The third kappa shape index (κ3) is 9.86. The lowest BCUT2D eigenvalue weighted by atomic mass is 9.84. The lowest BCUT2D eigenvalue weighted by Crippen LogP contribution is -2.32. The van der Waals surface area contributed by atoms with E-state index in [-0.39, 0.29) is 18.6 Å². The maximum Gasteiger partial charge on any atom is 0.330 e. The number of hydrogen-bond donors (Lipinski definition) is 0. The molecule has 6 heteroatoms. The molecule has 0 saturated carbocycles. The van der Waals surface area contributed by atoms with Crippen LogP contribution in [0.5, 0.6) is 0 Å². The summed E-state index contributed by atoms with van der Waals surface area (Å²) in [6.07, 6.45) is 4.02. The number of hydrogen-bond acceptors (Lipinski definition) is 6. The van der Waals surface area contributed by atoms with Crippen LogP contribution in [-0.2, 0) is 28.5 Å². The first-order valence-corrected chi connectivity index (χ1v) is 7.77. The van der Waals surface area contributed by atoms with Gasteiger partial charge in [0, 0.05) is 17.6 Å². The second kappa shape index (κ2) is 12.8. The van der Waals surface area contributed by atoms with E-state index >= 15 is 0 Å². The van der Waals surface area contributed by atoms with E-state index in [1.807, 2.05) is 0 Å². The number of rotatable bonds is 14. The zero-order chi connectivity index (χ0) is 17.6. The van der Waals surface area contributed by atoms with Crippen molar-refractivity contribution in [1.29, 1.82) is 0 Å². The standard InChI is InChI=1S/C17H28O6/c1-5-15(18)22-11-9-20-13-17(7-3,8-4)14-21-10-12-23-16(19)6-2/h5-6H,1-2,7-14H2,3-4H3. The van der Waals surface area contributed by atoms with Gasteiger partial charge in [-0.25, -0.2) is 9.59 Å². The minimum atomic E-state index is -0.455. The van der Waals surface area contributed by atoms with Crippen molar-refractivity contribution in [3.8, 4) is 0 Å². The van der Waals surface area contributed by atoms with Gasteiger partial charge >= 0.3 is 11.9 Å². The van der Waals surface area contributed by atoms with Gasteiger partial charge in [0.1, 0.15) is 13.2 Å². The third-order valence-corrected chi connectivity index (χ3v) is 3.59. The molecule has 0 aromatic heterocycles. The molecule has 0 radical (unpaired) electrons. The second-order valence-electron chi connectivity index (χ2n) is 5.06. The van der Waals surface area contributed by atoms with Gasteiger partial charge in [-0.05, 0) is 12.8 Å². The molecule has 0 amide bonds. The van der Waals surface area contributed by atoms with Crippen LogP contribution in [0.4, 0.5) is 0 Å². The molecule has 132 valence electrons. The van der Waals surface area contributed by atoms with Crippen LogP contribution in [0, 0.1) is 5.41 Å². The van der Waals surface area contributed by atoms with Crippen molar-refractivity contribution in [1.82, 2.24) is 0 Å². The van der Waals surface area contributed by atoms with Gasteiger partial charge in [-0.1, -0.05) is 27.0 Å². The van der Waals surface area contributed by atoms with Gasteiger partial charge in [0.05, 0.1) is 26.4 Å². The highest BCUT2D eigenvalue weighted by atomic mass is 16.6. The van der Waals surface area contributed by atoms with Crippen LogP contribution in [0.3, 0.4) is 0 Å². The largest absolute Gasteiger partial charge is 0.460 e. The van der Waals surface area contributed by atoms with Crippen molar-refractivity contribution in [3.63, 3.8) is 0 Å². The van der Waals surface area contributed by atoms with Crippen molar-refractivity contribution in [2.45, 2.75) is 26.7 Å². The van der Waals surface area contributed by atoms with Crippen LogP contribution in [0.1, 0.15) is 26.7 Å². The summed E-state index contributed by atoms with van der Waals surface area (Å²) in [5.74, 6) is -0.911. The SMILES string of the molecule is C=CC(=O)OCCOCC(CC)(CC)COCCOC(=O)C=C. The average molecular weight is 328 g/mol. The molecule has 0 aromatic carbocycles. The zero-order valence-electron chi connectivity index (χ0n) is 14.2. The number of carbonyl (C=O) groups is 2. The third-order valence-electron chi connectivity index (χ3n) is 3.59. The van der Waals surface area contributed by atoms with Gasteiger partial charge in [0.2, 0.25) is 0 Å². The highest BCUT2D eigenvalue weighted by molar-refractivity contribution is 5.81. The molecule has 0 spiro atoms. The Morgan fingerprint density at radius 1 is 0.826 bits per heavy atom. The summed E-state index contributed by atoms with van der Waals surface area (Å²) in [5, 5.41) is 0. The molecule has 0 N–H and O–H groups in total. The summed E-state index contributed by atoms with van der Waals surface area (Å²) < 4.78 is 20.9. The van der Waals surface area contributed by atoms with Gasteiger partial charge in [0.25, 0.3) is 0 Å². The first-order chi connectivity index (χ1) is 11.0. The van der Waals surface area contributed by atoms with Gasteiger partial charge in [-0.15, -0.1) is 0 Å². The van der Waals surface area contributed by atoms with Crippen LogP contribution in [-0.4, -0.2) is 51.6 Å². The smallest absolute Gasteiger partial charge is 0.330 e. The fraction of sp³-hybridized carbons (Fsp3) is 0.647. The molecular weight excluding hydrogens is 300 g/mol. The first kappa shape index (κ1) is 21.3. The summed E-state index contributed by atoms with van der Waals surface area (Å²) in [6, 6.07) is 0. The average Bonchev–Trinajstić information content (AvgIpc) is 2.58. The summed E-state index contributed by atoms with van der Waals surface area (Å²) >= 11 is 0. The highest BCUT2D eigenvalue weighted by Crippen LogP contribution is 2.27. The maximum absolute atomic E-state index is 10.9. The van der Waals surface area contributed by atoms with E-state index in [0.29, 0.717) is 26.4 Å². The molecule has 0 atom stereocenters. The van der Waals surface area contributed by atoms with Gasteiger partial charge in [-0.2, -0.15) is 0 Å². The fourth-order valence-corrected chi connectivity index (χ4v) is 1.80. The molecule has 0 heterocycles. The van der Waals surface area contributed by atoms with E-state index in [2.05, 4.69) is 27.0 Å². The quantitative estimate of drug-likeness (QED) is 0.277. The van der Waals surface area contributed by atoms with Gasteiger partial charge < -0.3 is 18.9 Å². The minimum Gasteiger partial charge on any atom is -0.460 e. The molecule has 6 nitrogen and oxygen atoms in total. The molecule has 0 aliphatic heterocycles. The Balaban J connectivity index is 3.99. The summed E-state index contributed by atoms with van der Waals surface area (Å²) in [4.78, 5) is 21.8. The second-order valence-corrected chi connectivity index (χ2v) is 5.06. The van der Waals surface area contributed by atoms with E-state index in [1.54, 1.807) is 0 Å². The first-order valence-electron chi connectivity index (χ1n) is 7.77. The number of carbonyl (C=O) groups excluding carboxylic acids is 2. The van der Waals surface area contributed by atoms with Crippen molar-refractivity contribution < 1.29 is 28.5 Å². The predicted molar refractivity (Wildman–Crippen MR) is 87.0 cm³/mol. The fourth-order valence-electron chi connectivity index (χ4n) is 1.80. The Morgan fingerprint density at radius 3 is 1.52 bits per heavy atom. The lowest BCUT2D eigenvalue weighted by Gasteiger charge is -2.31. The Kier molecular flexibility index (Phi) is 11.9. The molecule has 0 unspecified atom stereocenters. The van der Waals surface area contributed by atoms with Gasteiger partial charge in [-0.3, -0.25) is 0 Å². The maximum atomic E-state index is 10.9. The van der Waals surface area contributed by atoms with E-state index < -0.39 is 11.9 Å². The molecule has 0 aromatic rings. The van der Waals surface area contributed by atoms with Crippen LogP contribution in [0.15, 0.2) is 25.3 Å². The van der Waals surface area contributed by atoms with Crippen molar-refractivity contribution >= 4 is 11.9 Å². The molecule has 0 aliphatic rings. The van der Waals surface area contributed by atoms with Crippen LogP contribution >= 0.6 is 0 Å². The van der Waals surface area contributed by atoms with Crippen LogP contribution in [0.2, 0.25) is 0 Å². The number of esters is 2. The molecule has 23 heavy (non-hydrogen) atoms. The summed E-state index contributed by atoms with van der Waals surface area (Å²) in [7, 11) is 0. The number of ether oxygens (including phenoxy) is 4. The van der Waals surface area contributed by atoms with Crippen LogP contribution in [0.25, 0.3) is 0 Å². The van der Waals surface area contributed by atoms with E-state index in [0.717, 1.165) is 25.0 Å². The molecule has 0 rings (SSSR count). The van der Waals surface area contributed by atoms with Crippen molar-refractivity contribution in [2.24, 2.45) is 5.41 Å². The molecule has 0 bridgehead atoms. The summed E-state index contributed by atoms with van der Waals surface area (Å²) in [5.41, 5.74) is -0.106. The summed E-state index contributed by atoms with van der Waals surface area (Å²) in [6.45, 7) is 12.9. The molecule has 0 fully saturated rings. The Morgan fingerprint density at radius 2 is 1.22 bits per heavy atom. The van der Waals surface area contributed by atoms with E-state index in [4.69, 9.17) is 18.9 Å². The normalized spacial score (nSPS) is 10.9. The lowest BCUT2D eigenvalue weighted by molar-refractivity contribution is -0.140. The Labute approximate surface area is 138 Å². The molecular formula is C17H28O6. The Bertz CT molecular complexity index is 341. The highest BCUT2D eigenvalue weighted by Gasteiger charge is 2.27. The Hall–Kier alpha value is -1.66. The topological polar surface area (TPSA) is 71.1 Å². The van der Waals surface area contributed by atoms with Crippen molar-refractivity contribution in [2.75, 3.05) is 39.6 Å². The zero-order valence-corrected chi connectivity index (χ0v) is 14.2.